The lowest BCUT2D eigenvalue weighted by atomic mass is 9.96. The summed E-state index contributed by atoms with van der Waals surface area (Å²) >= 11 is 5.70. The third-order valence-electron chi connectivity index (χ3n) is 2.49. The highest BCUT2D eigenvalue weighted by Gasteiger charge is 2.23. The predicted molar refractivity (Wildman–Crippen MR) is 68.9 cm³/mol. The van der Waals surface area contributed by atoms with Crippen molar-refractivity contribution in [1.29, 1.82) is 0 Å². The van der Waals surface area contributed by atoms with Crippen molar-refractivity contribution >= 4 is 11.6 Å². The molecule has 96 valence electrons. The molecule has 0 aliphatic rings. The van der Waals surface area contributed by atoms with Crippen LogP contribution in [0.4, 0.5) is 4.39 Å². The normalized spacial score (nSPS) is 15.0. The summed E-state index contributed by atoms with van der Waals surface area (Å²) < 4.78 is 13.7. The molecule has 0 aliphatic heterocycles. The van der Waals surface area contributed by atoms with Crippen molar-refractivity contribution in [2.45, 2.75) is 38.8 Å². The maximum Gasteiger partial charge on any atom is 0.145 e. The van der Waals surface area contributed by atoms with Crippen LogP contribution in [-0.4, -0.2) is 23.3 Å². The first-order valence-electron chi connectivity index (χ1n) is 5.70. The van der Waals surface area contributed by atoms with Crippen LogP contribution >= 0.6 is 11.6 Å². The molecule has 0 aromatic heterocycles. The lowest BCUT2D eigenvalue weighted by Crippen LogP contribution is -2.42. The van der Waals surface area contributed by atoms with Gasteiger partial charge in [0.15, 0.2) is 0 Å². The number of hydrogen-bond donors (Lipinski definition) is 2. The molecular weight excluding hydrogens is 241 g/mol. The van der Waals surface area contributed by atoms with E-state index in [0.717, 1.165) is 0 Å². The molecular formula is C13H19ClFNO. The summed E-state index contributed by atoms with van der Waals surface area (Å²) in [6, 6.07) is 5.12. The Hall–Kier alpha value is -0.640. The zero-order valence-electron chi connectivity index (χ0n) is 10.4. The van der Waals surface area contributed by atoms with Crippen molar-refractivity contribution in [3.05, 3.63) is 34.6 Å². The van der Waals surface area contributed by atoms with Gasteiger partial charge in [0.1, 0.15) is 5.82 Å². The van der Waals surface area contributed by atoms with E-state index in [-0.39, 0.29) is 17.5 Å². The molecule has 0 heterocycles. The second kappa shape index (κ2) is 5.80. The molecule has 0 saturated carbocycles. The number of nitrogens with one attached hydrogen (secondary N) is 1. The third kappa shape index (κ3) is 4.62. The van der Waals surface area contributed by atoms with Crippen molar-refractivity contribution in [2.24, 2.45) is 0 Å². The predicted octanol–water partition coefficient (Wildman–Crippen LogP) is 2.77. The Kier molecular flexibility index (Phi) is 4.92. The molecule has 0 spiro atoms. The van der Waals surface area contributed by atoms with Crippen molar-refractivity contribution in [3.8, 4) is 0 Å². The van der Waals surface area contributed by atoms with Crippen molar-refractivity contribution < 1.29 is 9.50 Å². The summed E-state index contributed by atoms with van der Waals surface area (Å²) in [7, 11) is 0. The lowest BCUT2D eigenvalue weighted by Gasteiger charge is -2.25. The summed E-state index contributed by atoms with van der Waals surface area (Å²) in [5.41, 5.74) is -0.552. The average Bonchev–Trinajstić information content (AvgIpc) is 2.22. The number of aliphatic hydroxyl groups is 1. The molecule has 1 aromatic carbocycles. The van der Waals surface area contributed by atoms with E-state index in [2.05, 4.69) is 5.32 Å². The first-order valence-corrected chi connectivity index (χ1v) is 6.08. The largest absolute Gasteiger partial charge is 0.389 e. The van der Waals surface area contributed by atoms with Crippen molar-refractivity contribution in [2.75, 3.05) is 6.54 Å². The average molecular weight is 260 g/mol. The molecule has 1 rings (SSSR count). The topological polar surface area (TPSA) is 32.3 Å². The highest BCUT2D eigenvalue weighted by molar-refractivity contribution is 6.30. The molecule has 2 nitrogen and oxygen atoms in total. The van der Waals surface area contributed by atoms with Gasteiger partial charge in [0, 0.05) is 19.0 Å². The van der Waals surface area contributed by atoms with Crippen LogP contribution in [0.25, 0.3) is 0 Å². The highest BCUT2D eigenvalue weighted by Crippen LogP contribution is 2.21. The zero-order chi connectivity index (χ0) is 13.1. The summed E-state index contributed by atoms with van der Waals surface area (Å²) in [5, 5.41) is 13.4. The lowest BCUT2D eigenvalue weighted by molar-refractivity contribution is 0.0573. The minimum absolute atomic E-state index is 0.0927. The van der Waals surface area contributed by atoms with E-state index in [1.54, 1.807) is 19.1 Å². The van der Waals surface area contributed by atoms with E-state index >= 15 is 0 Å². The van der Waals surface area contributed by atoms with E-state index in [1.165, 1.54) is 6.07 Å². The summed E-state index contributed by atoms with van der Waals surface area (Å²) in [6.07, 6.45) is 0.235. The Morgan fingerprint density at radius 2 is 2.12 bits per heavy atom. The van der Waals surface area contributed by atoms with E-state index in [4.69, 9.17) is 11.6 Å². The molecule has 0 amide bonds. The van der Waals surface area contributed by atoms with Crippen LogP contribution in [0.3, 0.4) is 0 Å². The highest BCUT2D eigenvalue weighted by atomic mass is 35.5. The smallest absolute Gasteiger partial charge is 0.145 e. The van der Waals surface area contributed by atoms with Crippen LogP contribution in [0.1, 0.15) is 26.3 Å². The minimum Gasteiger partial charge on any atom is -0.389 e. The van der Waals surface area contributed by atoms with Gasteiger partial charge >= 0.3 is 0 Å². The van der Waals surface area contributed by atoms with E-state index < -0.39 is 11.4 Å². The second-order valence-electron chi connectivity index (χ2n) is 4.92. The van der Waals surface area contributed by atoms with E-state index in [9.17, 15) is 9.50 Å². The van der Waals surface area contributed by atoms with Crippen LogP contribution < -0.4 is 5.32 Å². The fourth-order valence-electron chi connectivity index (χ4n) is 1.58. The summed E-state index contributed by atoms with van der Waals surface area (Å²) in [5.74, 6) is -0.445. The second-order valence-corrected chi connectivity index (χ2v) is 5.33. The van der Waals surface area contributed by atoms with Crippen LogP contribution in [0.15, 0.2) is 18.2 Å². The van der Waals surface area contributed by atoms with Gasteiger partial charge in [0.25, 0.3) is 0 Å². The van der Waals surface area contributed by atoms with Crippen molar-refractivity contribution in [3.63, 3.8) is 0 Å². The molecule has 4 heteroatoms. The third-order valence-corrected chi connectivity index (χ3v) is 2.79. The Bertz CT molecular complexity index is 380. The van der Waals surface area contributed by atoms with Crippen LogP contribution in [0.5, 0.6) is 0 Å². The number of hydrogen-bond acceptors (Lipinski definition) is 2. The van der Waals surface area contributed by atoms with Crippen LogP contribution in [0.2, 0.25) is 5.02 Å². The Balaban J connectivity index is 2.72. The van der Waals surface area contributed by atoms with E-state index in [0.29, 0.717) is 12.1 Å². The van der Waals surface area contributed by atoms with Gasteiger partial charge in [-0.1, -0.05) is 37.6 Å². The monoisotopic (exact) mass is 259 g/mol. The Labute approximate surface area is 107 Å². The molecule has 1 aromatic rings. The molecule has 2 N–H and O–H groups in total. The van der Waals surface area contributed by atoms with Gasteiger partial charge in [-0.3, -0.25) is 0 Å². The zero-order valence-corrected chi connectivity index (χ0v) is 11.2. The molecule has 1 atom stereocenters. The van der Waals surface area contributed by atoms with Gasteiger partial charge in [-0.2, -0.15) is 0 Å². The minimum atomic E-state index is -0.990. The van der Waals surface area contributed by atoms with Gasteiger partial charge < -0.3 is 10.4 Å². The first kappa shape index (κ1) is 14.4. The standard InChI is InChI=1S/C13H19ClFNO/c1-9(2)16-8-13(3,17)7-10-5-4-6-11(14)12(10)15/h4-6,9,16-17H,7-8H2,1-3H3. The number of halogens is 2. The number of rotatable bonds is 5. The summed E-state index contributed by atoms with van der Waals surface area (Å²) in [6.45, 7) is 6.09. The number of benzene rings is 1. The molecule has 0 radical (unpaired) electrons. The first-order chi connectivity index (χ1) is 7.82. The fraction of sp³-hybridized carbons (Fsp3) is 0.538. The molecule has 0 fully saturated rings. The van der Waals surface area contributed by atoms with Crippen LogP contribution in [-0.2, 0) is 6.42 Å². The quantitative estimate of drug-likeness (QED) is 0.852. The molecule has 0 aliphatic carbocycles. The molecule has 1 unspecified atom stereocenters. The van der Waals surface area contributed by atoms with E-state index in [1.807, 2.05) is 13.8 Å². The van der Waals surface area contributed by atoms with Crippen LogP contribution in [0, 0.1) is 5.82 Å². The summed E-state index contributed by atoms with van der Waals surface area (Å²) in [4.78, 5) is 0. The van der Waals surface area contributed by atoms with Gasteiger partial charge in [-0.05, 0) is 18.6 Å². The Morgan fingerprint density at radius 1 is 1.47 bits per heavy atom. The SMILES string of the molecule is CC(C)NCC(C)(O)Cc1cccc(Cl)c1F. The van der Waals surface area contributed by atoms with Gasteiger partial charge in [0.2, 0.25) is 0 Å². The van der Waals surface area contributed by atoms with Gasteiger partial charge in [-0.25, -0.2) is 4.39 Å². The van der Waals surface area contributed by atoms with Gasteiger partial charge in [-0.15, -0.1) is 0 Å². The maximum absolute atomic E-state index is 13.7. The maximum atomic E-state index is 13.7. The Morgan fingerprint density at radius 3 is 2.71 bits per heavy atom. The van der Waals surface area contributed by atoms with Crippen molar-refractivity contribution in [1.82, 2.24) is 5.32 Å². The van der Waals surface area contributed by atoms with Gasteiger partial charge in [0.05, 0.1) is 10.6 Å². The molecule has 0 saturated heterocycles. The fourth-order valence-corrected chi connectivity index (χ4v) is 1.78. The molecule has 0 bridgehead atoms. The molecule has 17 heavy (non-hydrogen) atoms.